The maximum atomic E-state index is 12.7. The molecule has 5 nitrogen and oxygen atoms in total. The number of fused-ring (bicyclic) bond motifs is 2. The maximum absolute atomic E-state index is 12.7. The molecule has 1 amide bonds. The topological polar surface area (TPSA) is 75.3 Å². The van der Waals surface area contributed by atoms with Gasteiger partial charge < -0.3 is 5.32 Å². The second-order valence-corrected chi connectivity index (χ2v) is 9.11. The minimum Gasteiger partial charge on any atom is -0.325 e. The summed E-state index contributed by atoms with van der Waals surface area (Å²) >= 11 is 6.06. The molecule has 0 unspecified atom stereocenters. The van der Waals surface area contributed by atoms with Crippen molar-refractivity contribution >= 4 is 38.9 Å². The molecule has 0 radical (unpaired) electrons. The van der Waals surface area contributed by atoms with Gasteiger partial charge in [0.1, 0.15) is 0 Å². The molecule has 2 N–H and O–H groups in total. The fraction of sp³-hybridized carbons (Fsp3) is 0.316. The Balaban J connectivity index is 1.69. The molecule has 1 aliphatic carbocycles. The predicted octanol–water partition coefficient (Wildman–Crippen LogP) is 4.21. The highest BCUT2D eigenvalue weighted by Gasteiger charge is 2.48. The van der Waals surface area contributed by atoms with E-state index in [0.29, 0.717) is 10.7 Å². The van der Waals surface area contributed by atoms with Gasteiger partial charge >= 0.3 is 0 Å². The lowest BCUT2D eigenvalue weighted by Crippen LogP contribution is -2.31. The lowest BCUT2D eigenvalue weighted by Gasteiger charge is -2.21. The van der Waals surface area contributed by atoms with Crippen LogP contribution in [0.4, 0.5) is 11.4 Å². The number of rotatable bonds is 3. The van der Waals surface area contributed by atoms with Gasteiger partial charge in [0.25, 0.3) is 10.0 Å². The van der Waals surface area contributed by atoms with Crippen molar-refractivity contribution in [3.05, 3.63) is 52.5 Å². The van der Waals surface area contributed by atoms with Crippen LogP contribution < -0.4 is 10.0 Å². The molecule has 1 fully saturated rings. The van der Waals surface area contributed by atoms with E-state index in [1.807, 2.05) is 6.92 Å². The molecule has 1 saturated carbocycles. The third kappa shape index (κ3) is 2.68. The number of amides is 1. The van der Waals surface area contributed by atoms with Gasteiger partial charge in [0, 0.05) is 16.4 Å². The summed E-state index contributed by atoms with van der Waals surface area (Å²) in [5, 5.41) is 3.34. The van der Waals surface area contributed by atoms with Gasteiger partial charge in [-0.3, -0.25) is 9.52 Å². The van der Waals surface area contributed by atoms with Crippen LogP contribution in [0.5, 0.6) is 0 Å². The van der Waals surface area contributed by atoms with Crippen molar-refractivity contribution in [3.8, 4) is 0 Å². The van der Waals surface area contributed by atoms with E-state index in [1.165, 1.54) is 12.1 Å². The Morgan fingerprint density at radius 3 is 2.54 bits per heavy atom. The molecular formula is C19H19ClN2O3S. The van der Waals surface area contributed by atoms with Gasteiger partial charge in [-0.2, -0.15) is 0 Å². The smallest absolute Gasteiger partial charge is 0.261 e. The number of nitrogens with one attached hydrogen (secondary N) is 2. The first kappa shape index (κ1) is 17.4. The van der Waals surface area contributed by atoms with Crippen LogP contribution in [0.25, 0.3) is 0 Å². The molecule has 2 aromatic carbocycles. The lowest BCUT2D eigenvalue weighted by atomic mass is 9.80. The number of carbonyl (C=O) groups is 1. The zero-order valence-corrected chi connectivity index (χ0v) is 15.9. The average Bonchev–Trinajstić information content (AvgIpc) is 3.18. The Morgan fingerprint density at radius 2 is 1.85 bits per heavy atom. The fourth-order valence-corrected chi connectivity index (χ4v) is 5.23. The molecule has 4 rings (SSSR count). The number of aryl methyl sites for hydroxylation is 1. The van der Waals surface area contributed by atoms with Crippen LogP contribution in [0.1, 0.15) is 36.8 Å². The van der Waals surface area contributed by atoms with E-state index >= 15 is 0 Å². The van der Waals surface area contributed by atoms with E-state index in [-0.39, 0.29) is 10.8 Å². The number of hydrogen-bond donors (Lipinski definition) is 2. The van der Waals surface area contributed by atoms with Crippen molar-refractivity contribution in [2.45, 2.75) is 42.9 Å². The summed E-state index contributed by atoms with van der Waals surface area (Å²) in [6, 6.07) is 9.86. The van der Waals surface area contributed by atoms with E-state index in [1.54, 1.807) is 24.3 Å². The maximum Gasteiger partial charge on any atom is 0.261 e. The first-order valence-corrected chi connectivity index (χ1v) is 10.4. The molecule has 26 heavy (non-hydrogen) atoms. The van der Waals surface area contributed by atoms with Crippen molar-refractivity contribution in [1.82, 2.24) is 0 Å². The molecule has 0 bridgehead atoms. The van der Waals surface area contributed by atoms with Gasteiger partial charge in [0.05, 0.1) is 10.3 Å². The van der Waals surface area contributed by atoms with Crippen molar-refractivity contribution in [2.75, 3.05) is 10.0 Å². The zero-order chi connectivity index (χ0) is 18.5. The molecule has 0 aromatic heterocycles. The standard InChI is InChI=1S/C19H19ClN2O3S/c1-12-4-6-14(11-16(12)20)26(24,25)22-13-5-7-17-15(10-13)19(18(23)21-17)8-2-3-9-19/h4-7,10-11,22H,2-3,8-9H2,1H3,(H,21,23). The molecule has 2 aliphatic rings. The van der Waals surface area contributed by atoms with Crippen LogP contribution in [0.15, 0.2) is 41.3 Å². The van der Waals surface area contributed by atoms with Gasteiger partial charge in [-0.1, -0.05) is 30.5 Å². The third-order valence-electron chi connectivity index (χ3n) is 5.38. The first-order valence-electron chi connectivity index (χ1n) is 8.57. The molecule has 0 atom stereocenters. The van der Waals surface area contributed by atoms with E-state index in [2.05, 4.69) is 10.0 Å². The third-order valence-corrected chi connectivity index (χ3v) is 7.17. The Morgan fingerprint density at radius 1 is 1.12 bits per heavy atom. The quantitative estimate of drug-likeness (QED) is 0.824. The normalized spacial score (nSPS) is 18.0. The van der Waals surface area contributed by atoms with Crippen LogP contribution in [-0.2, 0) is 20.2 Å². The zero-order valence-electron chi connectivity index (χ0n) is 14.3. The molecule has 2 aromatic rings. The highest BCUT2D eigenvalue weighted by molar-refractivity contribution is 7.92. The van der Waals surface area contributed by atoms with Gasteiger partial charge in [-0.05, 0) is 61.2 Å². The van der Waals surface area contributed by atoms with Crippen LogP contribution in [0.3, 0.4) is 0 Å². The predicted molar refractivity (Wildman–Crippen MR) is 102 cm³/mol. The largest absolute Gasteiger partial charge is 0.325 e. The summed E-state index contributed by atoms with van der Waals surface area (Å²) in [6.07, 6.45) is 3.61. The van der Waals surface area contributed by atoms with Crippen LogP contribution in [0.2, 0.25) is 5.02 Å². The number of anilines is 2. The van der Waals surface area contributed by atoms with Crippen LogP contribution >= 0.6 is 11.6 Å². The van der Waals surface area contributed by atoms with E-state index in [4.69, 9.17) is 11.6 Å². The minimum atomic E-state index is -3.76. The van der Waals surface area contributed by atoms with Gasteiger partial charge in [0.2, 0.25) is 5.91 Å². The Kier molecular flexibility index (Phi) is 4.00. The van der Waals surface area contributed by atoms with Crippen molar-refractivity contribution in [1.29, 1.82) is 0 Å². The number of hydrogen-bond acceptors (Lipinski definition) is 3. The summed E-state index contributed by atoms with van der Waals surface area (Å²) < 4.78 is 28.0. The second-order valence-electron chi connectivity index (χ2n) is 7.02. The van der Waals surface area contributed by atoms with E-state index in [9.17, 15) is 13.2 Å². The van der Waals surface area contributed by atoms with E-state index < -0.39 is 15.4 Å². The molecule has 7 heteroatoms. The second kappa shape index (κ2) is 5.99. The summed E-state index contributed by atoms with van der Waals surface area (Å²) in [5.74, 6) is 0.0234. The monoisotopic (exact) mass is 390 g/mol. The lowest BCUT2D eigenvalue weighted by molar-refractivity contribution is -0.120. The highest BCUT2D eigenvalue weighted by Crippen LogP contribution is 2.49. The van der Waals surface area contributed by atoms with E-state index in [0.717, 1.165) is 42.5 Å². The number of carbonyl (C=O) groups excluding carboxylic acids is 1. The summed E-state index contributed by atoms with van der Waals surface area (Å²) in [4.78, 5) is 12.6. The average molecular weight is 391 g/mol. The van der Waals surface area contributed by atoms with Gasteiger partial charge in [-0.15, -0.1) is 0 Å². The van der Waals surface area contributed by atoms with Gasteiger partial charge in [0.15, 0.2) is 0 Å². The molecule has 1 heterocycles. The molecular weight excluding hydrogens is 372 g/mol. The summed E-state index contributed by atoms with van der Waals surface area (Å²) in [7, 11) is -3.76. The fourth-order valence-electron chi connectivity index (χ4n) is 3.91. The summed E-state index contributed by atoms with van der Waals surface area (Å²) in [6.45, 7) is 1.82. The Hall–Kier alpha value is -2.05. The highest BCUT2D eigenvalue weighted by atomic mass is 35.5. The number of sulfonamides is 1. The van der Waals surface area contributed by atoms with Gasteiger partial charge in [-0.25, -0.2) is 8.42 Å². The van der Waals surface area contributed by atoms with Crippen LogP contribution in [-0.4, -0.2) is 14.3 Å². The molecule has 1 spiro atoms. The van der Waals surface area contributed by atoms with Crippen LogP contribution in [0, 0.1) is 6.92 Å². The SMILES string of the molecule is Cc1ccc(S(=O)(=O)Nc2ccc3c(c2)C2(CCCC2)C(=O)N3)cc1Cl. The molecule has 0 saturated heterocycles. The molecule has 1 aliphatic heterocycles. The van der Waals surface area contributed by atoms with Crippen molar-refractivity contribution in [3.63, 3.8) is 0 Å². The van der Waals surface area contributed by atoms with Crippen molar-refractivity contribution in [2.24, 2.45) is 0 Å². The molecule has 136 valence electrons. The van der Waals surface area contributed by atoms with Crippen molar-refractivity contribution < 1.29 is 13.2 Å². The Bertz CT molecular complexity index is 1010. The first-order chi connectivity index (χ1) is 12.3. The summed E-state index contributed by atoms with van der Waals surface area (Å²) in [5.41, 5.74) is 2.42. The number of halogens is 1. The number of benzene rings is 2. The minimum absolute atomic E-state index is 0.0234. The Labute approximate surface area is 157 Å².